The lowest BCUT2D eigenvalue weighted by Gasteiger charge is -1.91. The van der Waals surface area contributed by atoms with Crippen molar-refractivity contribution in [2.24, 2.45) is 0 Å². The van der Waals surface area contributed by atoms with Crippen molar-refractivity contribution in [3.63, 3.8) is 0 Å². The average molecular weight is 160 g/mol. The molecule has 0 radical (unpaired) electrons. The molecule has 1 heteroatoms. The average Bonchev–Trinajstić information content (AvgIpc) is 2.16. The molecule has 0 fully saturated rings. The van der Waals surface area contributed by atoms with Gasteiger partial charge in [0.25, 0.3) is 0 Å². The largest absolute Gasteiger partial charge is 0.201 e. The maximum Gasteiger partial charge on any atom is 0.169 e. The third kappa shape index (κ3) is 2.70. The Morgan fingerprint density at radius 3 is 2.58 bits per heavy atom. The van der Waals surface area contributed by atoms with Crippen LogP contribution >= 0.6 is 0 Å². The summed E-state index contributed by atoms with van der Waals surface area (Å²) in [6.45, 7) is 6.66. The van der Waals surface area contributed by atoms with Crippen LogP contribution in [0.15, 0.2) is 54.9 Å². The topological polar surface area (TPSA) is 3.88 Å². The zero-order chi connectivity index (χ0) is 8.81. The number of hydrogen-bond acceptors (Lipinski definition) is 0. The van der Waals surface area contributed by atoms with Crippen LogP contribution in [-0.4, -0.2) is 0 Å². The summed E-state index contributed by atoms with van der Waals surface area (Å²) in [6.07, 6.45) is 8.11. The molecule has 0 saturated carbocycles. The molecule has 0 aliphatic heterocycles. The first-order valence-electron chi connectivity index (χ1n) is 4.06. The van der Waals surface area contributed by atoms with E-state index in [9.17, 15) is 0 Å². The highest BCUT2D eigenvalue weighted by Gasteiger charge is 1.92. The molecule has 1 nitrogen and oxygen atoms in total. The molecular weight excluding hydrogens is 146 g/mol. The SMILES string of the molecule is C=C/C(C)=C/C[n+]1ccccc1. The fraction of sp³-hybridized carbons (Fsp3) is 0.182. The van der Waals surface area contributed by atoms with E-state index in [1.807, 2.05) is 36.7 Å². The lowest BCUT2D eigenvalue weighted by molar-refractivity contribution is -0.687. The van der Waals surface area contributed by atoms with Crippen molar-refractivity contribution in [3.05, 3.63) is 54.9 Å². The standard InChI is InChI=1S/C11H14N/c1-3-11(2)7-10-12-8-5-4-6-9-12/h3-9H,1,10H2,2H3/q+1/b11-7+. The van der Waals surface area contributed by atoms with E-state index in [1.54, 1.807) is 0 Å². The summed E-state index contributed by atoms with van der Waals surface area (Å²) in [5.74, 6) is 0. The fourth-order valence-electron chi connectivity index (χ4n) is 0.889. The molecule has 12 heavy (non-hydrogen) atoms. The van der Waals surface area contributed by atoms with Gasteiger partial charge in [0, 0.05) is 12.1 Å². The Kier molecular flexibility index (Phi) is 3.27. The number of nitrogens with zero attached hydrogens (tertiary/aromatic N) is 1. The number of rotatable bonds is 3. The predicted molar refractivity (Wildman–Crippen MR) is 50.6 cm³/mol. The molecule has 1 heterocycles. The molecule has 0 unspecified atom stereocenters. The predicted octanol–water partition coefficient (Wildman–Crippen LogP) is 2.11. The molecule has 0 aliphatic carbocycles. The van der Waals surface area contributed by atoms with Crippen LogP contribution in [0.5, 0.6) is 0 Å². The number of allylic oxidation sites excluding steroid dienone is 3. The Balaban J connectivity index is 2.60. The molecule has 1 aromatic rings. The monoisotopic (exact) mass is 160 g/mol. The zero-order valence-corrected chi connectivity index (χ0v) is 7.40. The summed E-state index contributed by atoms with van der Waals surface area (Å²) in [4.78, 5) is 0. The Morgan fingerprint density at radius 2 is 2.00 bits per heavy atom. The van der Waals surface area contributed by atoms with Gasteiger partial charge in [-0.2, -0.15) is 0 Å². The molecule has 62 valence electrons. The highest BCUT2D eigenvalue weighted by molar-refractivity contribution is 5.11. The summed E-state index contributed by atoms with van der Waals surface area (Å²) in [6, 6.07) is 6.06. The lowest BCUT2D eigenvalue weighted by atomic mass is 10.3. The molecule has 0 bridgehead atoms. The summed E-state index contributed by atoms with van der Waals surface area (Å²) < 4.78 is 2.12. The third-order valence-corrected chi connectivity index (χ3v) is 1.72. The van der Waals surface area contributed by atoms with Crippen LogP contribution in [0.2, 0.25) is 0 Å². The minimum atomic E-state index is 0.915. The van der Waals surface area contributed by atoms with Crippen LogP contribution in [-0.2, 0) is 6.54 Å². The first-order chi connectivity index (χ1) is 5.83. The molecule has 0 aromatic carbocycles. The minimum absolute atomic E-state index is 0.915. The van der Waals surface area contributed by atoms with Gasteiger partial charge in [0.15, 0.2) is 18.9 Å². The van der Waals surface area contributed by atoms with Crippen molar-refractivity contribution >= 4 is 0 Å². The number of aromatic nitrogens is 1. The second-order valence-electron chi connectivity index (χ2n) is 2.72. The summed E-state index contributed by atoms with van der Waals surface area (Å²) >= 11 is 0. The second-order valence-corrected chi connectivity index (χ2v) is 2.72. The van der Waals surface area contributed by atoms with Gasteiger partial charge in [-0.15, -0.1) is 0 Å². The van der Waals surface area contributed by atoms with Crippen LogP contribution in [0.25, 0.3) is 0 Å². The number of pyridine rings is 1. The van der Waals surface area contributed by atoms with Crippen molar-refractivity contribution in [2.45, 2.75) is 13.5 Å². The van der Waals surface area contributed by atoms with Crippen molar-refractivity contribution in [3.8, 4) is 0 Å². The quantitative estimate of drug-likeness (QED) is 0.471. The lowest BCUT2D eigenvalue weighted by Crippen LogP contribution is -2.31. The van der Waals surface area contributed by atoms with E-state index < -0.39 is 0 Å². The second kappa shape index (κ2) is 4.50. The van der Waals surface area contributed by atoms with Crippen molar-refractivity contribution in [2.75, 3.05) is 0 Å². The first-order valence-corrected chi connectivity index (χ1v) is 4.06. The summed E-state index contributed by atoms with van der Waals surface area (Å²) in [5, 5.41) is 0. The summed E-state index contributed by atoms with van der Waals surface area (Å²) in [7, 11) is 0. The highest BCUT2D eigenvalue weighted by atomic mass is 14.9. The normalized spacial score (nSPS) is 11.2. The Bertz CT molecular complexity index is 272. The van der Waals surface area contributed by atoms with Crippen molar-refractivity contribution in [1.29, 1.82) is 0 Å². The van der Waals surface area contributed by atoms with E-state index in [1.165, 1.54) is 5.57 Å². The molecule has 0 atom stereocenters. The Labute approximate surface area is 73.7 Å². The first kappa shape index (κ1) is 8.72. The van der Waals surface area contributed by atoms with Gasteiger partial charge in [-0.25, -0.2) is 4.57 Å². The Hall–Kier alpha value is -1.37. The van der Waals surface area contributed by atoms with Crippen LogP contribution in [0.4, 0.5) is 0 Å². The molecule has 0 spiro atoms. The van der Waals surface area contributed by atoms with Gasteiger partial charge < -0.3 is 0 Å². The molecule has 1 rings (SSSR count). The summed E-state index contributed by atoms with van der Waals surface area (Å²) in [5.41, 5.74) is 1.21. The molecule has 0 N–H and O–H groups in total. The van der Waals surface area contributed by atoms with E-state index in [2.05, 4.69) is 24.1 Å². The number of hydrogen-bond donors (Lipinski definition) is 0. The van der Waals surface area contributed by atoms with Gasteiger partial charge in [-0.3, -0.25) is 0 Å². The van der Waals surface area contributed by atoms with Gasteiger partial charge in [-0.1, -0.05) is 18.7 Å². The molecule has 0 amide bonds. The molecule has 0 saturated heterocycles. The van der Waals surface area contributed by atoms with E-state index in [0.29, 0.717) is 0 Å². The van der Waals surface area contributed by atoms with Crippen molar-refractivity contribution in [1.82, 2.24) is 0 Å². The van der Waals surface area contributed by atoms with Crippen LogP contribution in [0, 0.1) is 0 Å². The van der Waals surface area contributed by atoms with Gasteiger partial charge in [0.1, 0.15) is 0 Å². The van der Waals surface area contributed by atoms with E-state index >= 15 is 0 Å². The highest BCUT2D eigenvalue weighted by Crippen LogP contribution is 1.91. The van der Waals surface area contributed by atoms with Gasteiger partial charge >= 0.3 is 0 Å². The van der Waals surface area contributed by atoms with Gasteiger partial charge in [0.05, 0.1) is 0 Å². The van der Waals surface area contributed by atoms with Gasteiger partial charge in [-0.05, 0) is 18.6 Å². The maximum atomic E-state index is 3.70. The van der Waals surface area contributed by atoms with Crippen molar-refractivity contribution < 1.29 is 4.57 Å². The van der Waals surface area contributed by atoms with Gasteiger partial charge in [0.2, 0.25) is 0 Å². The minimum Gasteiger partial charge on any atom is -0.201 e. The van der Waals surface area contributed by atoms with E-state index in [-0.39, 0.29) is 0 Å². The molecular formula is C11H14N+. The fourth-order valence-corrected chi connectivity index (χ4v) is 0.889. The van der Waals surface area contributed by atoms with E-state index in [0.717, 1.165) is 6.54 Å². The maximum absolute atomic E-state index is 3.70. The van der Waals surface area contributed by atoms with Crippen LogP contribution in [0.1, 0.15) is 6.92 Å². The van der Waals surface area contributed by atoms with E-state index in [4.69, 9.17) is 0 Å². The van der Waals surface area contributed by atoms with Crippen LogP contribution in [0.3, 0.4) is 0 Å². The zero-order valence-electron chi connectivity index (χ0n) is 7.40. The molecule has 1 aromatic heterocycles. The molecule has 0 aliphatic rings. The third-order valence-electron chi connectivity index (χ3n) is 1.72. The smallest absolute Gasteiger partial charge is 0.169 e. The van der Waals surface area contributed by atoms with Crippen LogP contribution < -0.4 is 4.57 Å². The Morgan fingerprint density at radius 1 is 1.33 bits per heavy atom.